The Morgan fingerprint density at radius 2 is 1.14 bits per heavy atom. The summed E-state index contributed by atoms with van der Waals surface area (Å²) in [6.45, 7) is 0. The zero-order valence-electron chi connectivity index (χ0n) is 15.2. The fourth-order valence-electron chi connectivity index (χ4n) is 2.91. The minimum atomic E-state index is -0.826. The summed E-state index contributed by atoms with van der Waals surface area (Å²) in [5, 5.41) is 4.11. The summed E-state index contributed by atoms with van der Waals surface area (Å²) in [7, 11) is 0. The maximum atomic E-state index is 11.9. The highest BCUT2D eigenvalue weighted by Gasteiger charge is 2.27. The first-order valence-electron chi connectivity index (χ1n) is 8.91. The molecule has 2 aliphatic heterocycles. The number of hydrogen-bond acceptors (Lipinski definition) is 4. The van der Waals surface area contributed by atoms with Crippen molar-refractivity contribution >= 4 is 29.4 Å². The zero-order valence-corrected chi connectivity index (χ0v) is 15.2. The number of amides is 4. The second kappa shape index (κ2) is 7.82. The van der Waals surface area contributed by atoms with E-state index in [2.05, 4.69) is 10.6 Å². The van der Waals surface area contributed by atoms with Crippen molar-refractivity contribution in [1.82, 2.24) is 10.6 Å². The van der Waals surface area contributed by atoms with Gasteiger partial charge in [-0.1, -0.05) is 66.7 Å². The summed E-state index contributed by atoms with van der Waals surface area (Å²) in [5.41, 5.74) is 2.38. The van der Waals surface area contributed by atoms with Crippen LogP contribution in [-0.4, -0.2) is 17.8 Å². The van der Waals surface area contributed by atoms with E-state index in [1.165, 1.54) is 6.08 Å². The standard InChI is InChI=1S/C23H16N2O4/c26-21-18(22(27)25-23(28)24-21)12-11-15-13-19(16-7-3-1-4-8-16)29-20(14-15)17-9-5-2-6-10-17/h1-14H,(H2,24,25,26,27,28). The van der Waals surface area contributed by atoms with Crippen LogP contribution in [0.5, 0.6) is 0 Å². The highest BCUT2D eigenvalue weighted by atomic mass is 16.5. The van der Waals surface area contributed by atoms with Crippen LogP contribution in [0.1, 0.15) is 11.1 Å². The van der Waals surface area contributed by atoms with Gasteiger partial charge in [0.1, 0.15) is 17.1 Å². The quantitative estimate of drug-likeness (QED) is 0.628. The Bertz CT molecular complexity index is 1030. The van der Waals surface area contributed by atoms with Gasteiger partial charge in [0.2, 0.25) is 0 Å². The first-order valence-corrected chi connectivity index (χ1v) is 8.91. The molecule has 2 aliphatic rings. The minimum Gasteiger partial charge on any atom is -0.456 e. The van der Waals surface area contributed by atoms with Gasteiger partial charge in [0.05, 0.1) is 0 Å². The van der Waals surface area contributed by atoms with E-state index in [1.807, 2.05) is 72.8 Å². The topological polar surface area (TPSA) is 84.5 Å². The maximum Gasteiger partial charge on any atom is 0.328 e. The number of barbiturate groups is 1. The van der Waals surface area contributed by atoms with Crippen LogP contribution in [-0.2, 0) is 14.3 Å². The average molecular weight is 384 g/mol. The monoisotopic (exact) mass is 384 g/mol. The van der Waals surface area contributed by atoms with E-state index in [1.54, 1.807) is 6.08 Å². The Morgan fingerprint density at radius 1 is 0.655 bits per heavy atom. The van der Waals surface area contributed by atoms with E-state index in [0.717, 1.165) is 16.7 Å². The third-order valence-electron chi connectivity index (χ3n) is 4.32. The molecule has 142 valence electrons. The predicted octanol–water partition coefficient (Wildman–Crippen LogP) is 3.32. The van der Waals surface area contributed by atoms with Gasteiger partial charge in [-0.3, -0.25) is 20.2 Å². The maximum absolute atomic E-state index is 11.9. The summed E-state index contributed by atoms with van der Waals surface area (Å²) in [6.07, 6.45) is 6.67. The molecule has 1 fully saturated rings. The van der Waals surface area contributed by atoms with E-state index < -0.39 is 17.8 Å². The molecular weight excluding hydrogens is 368 g/mol. The predicted molar refractivity (Wildman–Crippen MR) is 108 cm³/mol. The number of urea groups is 1. The Kier molecular flexibility index (Phi) is 4.90. The lowest BCUT2D eigenvalue weighted by Gasteiger charge is -2.19. The number of nitrogens with one attached hydrogen (secondary N) is 2. The lowest BCUT2D eigenvalue weighted by Crippen LogP contribution is -2.51. The third-order valence-corrected chi connectivity index (χ3v) is 4.32. The highest BCUT2D eigenvalue weighted by molar-refractivity contribution is 6.29. The molecule has 0 aromatic heterocycles. The van der Waals surface area contributed by atoms with Crippen molar-refractivity contribution in [2.45, 2.75) is 0 Å². The molecule has 2 heterocycles. The molecule has 2 aromatic rings. The molecule has 29 heavy (non-hydrogen) atoms. The Morgan fingerprint density at radius 3 is 1.62 bits per heavy atom. The normalized spacial score (nSPS) is 16.2. The van der Waals surface area contributed by atoms with Crippen LogP contribution in [0.2, 0.25) is 0 Å². The van der Waals surface area contributed by atoms with Crippen LogP contribution in [0.3, 0.4) is 0 Å². The first-order chi connectivity index (χ1) is 14.1. The molecule has 0 atom stereocenters. The Hall–Kier alpha value is -4.19. The minimum absolute atomic E-state index is 0.145. The number of ether oxygens (including phenoxy) is 1. The number of allylic oxidation sites excluding steroid dienone is 5. The van der Waals surface area contributed by atoms with Crippen molar-refractivity contribution in [2.24, 2.45) is 0 Å². The van der Waals surface area contributed by atoms with Crippen molar-refractivity contribution in [3.8, 4) is 0 Å². The van der Waals surface area contributed by atoms with Gasteiger partial charge in [0, 0.05) is 11.1 Å². The van der Waals surface area contributed by atoms with Gasteiger partial charge in [-0.25, -0.2) is 4.79 Å². The van der Waals surface area contributed by atoms with E-state index in [4.69, 9.17) is 4.74 Å². The molecule has 0 saturated carbocycles. The SMILES string of the molecule is O=C1NC(=O)C(=CC=C2C=C(c3ccccc3)OC(c3ccccc3)=C2)C(=O)N1. The second-order valence-corrected chi connectivity index (χ2v) is 6.34. The smallest absolute Gasteiger partial charge is 0.328 e. The number of carbonyl (C=O) groups is 3. The molecule has 4 amide bonds. The molecule has 0 bridgehead atoms. The van der Waals surface area contributed by atoms with Crippen LogP contribution < -0.4 is 10.6 Å². The molecule has 0 radical (unpaired) electrons. The first kappa shape index (κ1) is 18.2. The van der Waals surface area contributed by atoms with E-state index in [9.17, 15) is 14.4 Å². The van der Waals surface area contributed by atoms with Crippen molar-refractivity contribution in [1.29, 1.82) is 0 Å². The summed E-state index contributed by atoms with van der Waals surface area (Å²) < 4.78 is 6.09. The highest BCUT2D eigenvalue weighted by Crippen LogP contribution is 2.32. The van der Waals surface area contributed by atoms with Gasteiger partial charge >= 0.3 is 6.03 Å². The zero-order chi connectivity index (χ0) is 20.2. The average Bonchev–Trinajstić information content (AvgIpc) is 2.74. The van der Waals surface area contributed by atoms with Crippen LogP contribution in [0.15, 0.2) is 96.1 Å². The van der Waals surface area contributed by atoms with Gasteiger partial charge < -0.3 is 4.74 Å². The van der Waals surface area contributed by atoms with Crippen molar-refractivity contribution < 1.29 is 19.1 Å². The van der Waals surface area contributed by atoms with Gasteiger partial charge in [-0.15, -0.1) is 0 Å². The molecule has 0 spiro atoms. The lowest BCUT2D eigenvalue weighted by molar-refractivity contribution is -0.124. The molecule has 1 saturated heterocycles. The van der Waals surface area contributed by atoms with Gasteiger partial charge in [-0.05, 0) is 23.8 Å². The fourth-order valence-corrected chi connectivity index (χ4v) is 2.91. The number of hydrogen-bond donors (Lipinski definition) is 2. The Labute approximate surface area is 166 Å². The summed E-state index contributed by atoms with van der Waals surface area (Å²) in [4.78, 5) is 35.0. The number of rotatable bonds is 3. The van der Waals surface area contributed by atoms with Gasteiger partial charge in [0.15, 0.2) is 0 Å². The molecule has 4 rings (SSSR count). The summed E-state index contributed by atoms with van der Waals surface area (Å²) in [6, 6.07) is 18.4. The molecule has 0 unspecified atom stereocenters. The third kappa shape index (κ3) is 4.06. The van der Waals surface area contributed by atoms with Crippen molar-refractivity contribution in [2.75, 3.05) is 0 Å². The number of imide groups is 2. The van der Waals surface area contributed by atoms with E-state index in [0.29, 0.717) is 11.5 Å². The van der Waals surface area contributed by atoms with E-state index >= 15 is 0 Å². The fraction of sp³-hybridized carbons (Fsp3) is 0. The van der Waals surface area contributed by atoms with Crippen LogP contribution in [0, 0.1) is 0 Å². The second-order valence-electron chi connectivity index (χ2n) is 6.34. The molecule has 2 N–H and O–H groups in total. The van der Waals surface area contributed by atoms with Crippen LogP contribution in [0.25, 0.3) is 11.5 Å². The summed E-state index contributed by atoms with van der Waals surface area (Å²) in [5.74, 6) is -0.182. The molecule has 2 aromatic carbocycles. The van der Waals surface area contributed by atoms with Crippen molar-refractivity contribution in [3.05, 3.63) is 107 Å². The number of benzene rings is 2. The van der Waals surface area contributed by atoms with Gasteiger partial charge in [0.25, 0.3) is 11.8 Å². The van der Waals surface area contributed by atoms with Crippen LogP contribution in [0.4, 0.5) is 4.79 Å². The molecular formula is C23H16N2O4. The van der Waals surface area contributed by atoms with Crippen molar-refractivity contribution in [3.63, 3.8) is 0 Å². The molecule has 6 heteroatoms. The van der Waals surface area contributed by atoms with Gasteiger partial charge in [-0.2, -0.15) is 0 Å². The molecule has 6 nitrogen and oxygen atoms in total. The van der Waals surface area contributed by atoms with Crippen LogP contribution >= 0.6 is 0 Å². The molecule has 0 aliphatic carbocycles. The largest absolute Gasteiger partial charge is 0.456 e. The summed E-state index contributed by atoms with van der Waals surface area (Å²) >= 11 is 0. The van der Waals surface area contributed by atoms with E-state index in [-0.39, 0.29) is 5.57 Å². The Balaban J connectivity index is 1.74. The number of carbonyl (C=O) groups excluding carboxylic acids is 3. The lowest BCUT2D eigenvalue weighted by atomic mass is 10.0.